The van der Waals surface area contributed by atoms with Gasteiger partial charge in [0.2, 0.25) is 17.7 Å². The molecular formula is C23H31N3O4S2. The summed E-state index contributed by atoms with van der Waals surface area (Å²) in [4.78, 5) is 38.4. The molecule has 0 aliphatic rings. The Kier molecular flexibility index (Phi) is 10.7. The summed E-state index contributed by atoms with van der Waals surface area (Å²) < 4.78 is 1.02. The Balaban J connectivity index is 2.23. The lowest BCUT2D eigenvalue weighted by molar-refractivity contribution is -0.140. The van der Waals surface area contributed by atoms with Gasteiger partial charge in [0.15, 0.2) is 0 Å². The average Bonchev–Trinajstić information content (AvgIpc) is 3.31. The van der Waals surface area contributed by atoms with Crippen molar-refractivity contribution < 1.29 is 19.6 Å². The van der Waals surface area contributed by atoms with Gasteiger partial charge >= 0.3 is 0 Å². The summed E-state index contributed by atoms with van der Waals surface area (Å²) in [6, 6.07) is 12.5. The molecule has 0 fully saturated rings. The molecule has 7 nitrogen and oxygen atoms in total. The number of carbonyl (C=O) groups excluding carboxylic acids is 3. The molecule has 0 spiro atoms. The van der Waals surface area contributed by atoms with Crippen molar-refractivity contribution >= 4 is 40.8 Å². The van der Waals surface area contributed by atoms with Gasteiger partial charge in [0.05, 0.1) is 16.0 Å². The van der Waals surface area contributed by atoms with Crippen molar-refractivity contribution in [2.45, 2.75) is 36.9 Å². The second kappa shape index (κ2) is 13.2. The number of hydroxylamine groups is 1. The van der Waals surface area contributed by atoms with Gasteiger partial charge < -0.3 is 10.6 Å². The number of benzene rings is 1. The highest BCUT2D eigenvalue weighted by Crippen LogP contribution is 2.31. The lowest BCUT2D eigenvalue weighted by Crippen LogP contribution is -2.51. The summed E-state index contributed by atoms with van der Waals surface area (Å²) in [5, 5.41) is 16.7. The molecule has 2 aromatic rings. The molecule has 1 heterocycles. The predicted molar refractivity (Wildman–Crippen MR) is 128 cm³/mol. The van der Waals surface area contributed by atoms with E-state index in [0.29, 0.717) is 18.6 Å². The molecular weight excluding hydrogens is 446 g/mol. The number of nitrogens with one attached hydrogen (secondary N) is 3. The van der Waals surface area contributed by atoms with Crippen molar-refractivity contribution in [2.24, 2.45) is 17.8 Å². The van der Waals surface area contributed by atoms with Gasteiger partial charge in [-0.25, -0.2) is 5.48 Å². The lowest BCUT2D eigenvalue weighted by atomic mass is 9.84. The number of thioether (sulfide) groups is 1. The summed E-state index contributed by atoms with van der Waals surface area (Å²) in [5.41, 5.74) is 2.64. The fraction of sp³-hybridized carbons (Fsp3) is 0.435. The Labute approximate surface area is 197 Å². The summed E-state index contributed by atoms with van der Waals surface area (Å²) in [7, 11) is 1.53. The maximum atomic E-state index is 13.4. The zero-order chi connectivity index (χ0) is 23.5. The van der Waals surface area contributed by atoms with Crippen LogP contribution in [0.3, 0.4) is 0 Å². The first-order valence-corrected chi connectivity index (χ1v) is 12.4. The van der Waals surface area contributed by atoms with E-state index in [4.69, 9.17) is 0 Å². The van der Waals surface area contributed by atoms with E-state index in [0.717, 1.165) is 9.77 Å². The number of rotatable bonds is 12. The van der Waals surface area contributed by atoms with E-state index in [1.165, 1.54) is 18.8 Å². The van der Waals surface area contributed by atoms with Crippen molar-refractivity contribution in [2.75, 3.05) is 12.8 Å². The second-order valence-electron chi connectivity index (χ2n) is 7.93. The molecule has 174 valence electrons. The summed E-state index contributed by atoms with van der Waals surface area (Å²) in [6.45, 7) is 3.95. The zero-order valence-electron chi connectivity index (χ0n) is 18.5. The van der Waals surface area contributed by atoms with E-state index in [-0.39, 0.29) is 17.7 Å². The highest BCUT2D eigenvalue weighted by atomic mass is 32.2. The van der Waals surface area contributed by atoms with E-state index in [9.17, 15) is 19.6 Å². The van der Waals surface area contributed by atoms with Crippen molar-refractivity contribution in [3.8, 4) is 0 Å². The summed E-state index contributed by atoms with van der Waals surface area (Å²) in [5.74, 6) is -2.26. The summed E-state index contributed by atoms with van der Waals surface area (Å²) >= 11 is 3.02. The first-order chi connectivity index (χ1) is 15.3. The molecule has 0 aliphatic carbocycles. The molecule has 1 aromatic carbocycles. The van der Waals surface area contributed by atoms with E-state index in [2.05, 4.69) is 10.6 Å². The fourth-order valence-electron chi connectivity index (χ4n) is 3.45. The maximum absolute atomic E-state index is 13.4. The van der Waals surface area contributed by atoms with E-state index in [1.807, 2.05) is 61.7 Å². The Hall–Kier alpha value is -2.36. The fourth-order valence-corrected chi connectivity index (χ4v) is 5.44. The molecule has 0 aliphatic heterocycles. The van der Waals surface area contributed by atoms with Crippen LogP contribution in [0, 0.1) is 17.8 Å². The first-order valence-electron chi connectivity index (χ1n) is 10.5. The maximum Gasteiger partial charge on any atom is 0.248 e. The number of hydrogen-bond donors (Lipinski definition) is 4. The molecule has 9 heteroatoms. The monoisotopic (exact) mass is 477 g/mol. The molecule has 0 saturated heterocycles. The Morgan fingerprint density at radius 3 is 2.28 bits per heavy atom. The van der Waals surface area contributed by atoms with Crippen LogP contribution < -0.4 is 16.1 Å². The van der Waals surface area contributed by atoms with Gasteiger partial charge in [-0.05, 0) is 29.3 Å². The number of likely N-dealkylation sites (N-methyl/N-ethyl adjacent to an activating group) is 1. The molecule has 1 aromatic heterocycles. The largest absolute Gasteiger partial charge is 0.357 e. The van der Waals surface area contributed by atoms with Crippen molar-refractivity contribution in [3.63, 3.8) is 0 Å². The molecule has 3 amide bonds. The van der Waals surface area contributed by atoms with Gasteiger partial charge in [0, 0.05) is 19.2 Å². The third-order valence-corrected chi connectivity index (χ3v) is 7.31. The Morgan fingerprint density at radius 2 is 1.72 bits per heavy atom. The predicted octanol–water partition coefficient (Wildman–Crippen LogP) is 3.10. The minimum Gasteiger partial charge on any atom is -0.357 e. The third-order valence-electron chi connectivity index (χ3n) is 5.06. The number of thiophene rings is 1. The minimum absolute atomic E-state index is 0.138. The van der Waals surface area contributed by atoms with Crippen molar-refractivity contribution in [3.05, 3.63) is 53.4 Å². The topological polar surface area (TPSA) is 108 Å². The van der Waals surface area contributed by atoms with Crippen LogP contribution in [0.5, 0.6) is 0 Å². The van der Waals surface area contributed by atoms with Crippen LogP contribution in [-0.4, -0.2) is 41.8 Å². The average molecular weight is 478 g/mol. The van der Waals surface area contributed by atoms with E-state index in [1.54, 1.807) is 16.8 Å². The second-order valence-corrected chi connectivity index (χ2v) is 10.2. The first kappa shape index (κ1) is 25.9. The number of amides is 3. The van der Waals surface area contributed by atoms with Gasteiger partial charge in [-0.2, -0.15) is 0 Å². The zero-order valence-corrected chi connectivity index (χ0v) is 20.2. The van der Waals surface area contributed by atoms with Crippen LogP contribution in [0.15, 0.2) is 52.1 Å². The standard InChI is InChI=1S/C23H31N3O4S2/c1-15(2)12-17(18(22(28)26-30)14-32-20-10-7-11-31-20)21(27)25-19(23(29)24-3)13-16-8-5-4-6-9-16/h4-11,15,17-19,30H,12-14H2,1-3H3,(H,24,29)(H,25,27)(H,26,28)/t17?,18-,19+/m1/s1. The smallest absolute Gasteiger partial charge is 0.248 e. The Bertz CT molecular complexity index is 859. The van der Waals surface area contributed by atoms with Crippen molar-refractivity contribution in [1.29, 1.82) is 0 Å². The molecule has 2 rings (SSSR count). The van der Waals surface area contributed by atoms with Gasteiger partial charge in [0.25, 0.3) is 0 Å². The molecule has 0 bridgehead atoms. The van der Waals surface area contributed by atoms with Crippen LogP contribution in [0.4, 0.5) is 0 Å². The minimum atomic E-state index is -0.771. The number of carbonyl (C=O) groups is 3. The highest BCUT2D eigenvalue weighted by molar-refractivity contribution is 8.01. The van der Waals surface area contributed by atoms with E-state index < -0.39 is 23.8 Å². The molecule has 1 unspecified atom stereocenters. The summed E-state index contributed by atoms with van der Waals surface area (Å²) in [6.07, 6.45) is 0.780. The van der Waals surface area contributed by atoms with Gasteiger partial charge in [-0.1, -0.05) is 50.2 Å². The molecule has 4 N–H and O–H groups in total. The van der Waals surface area contributed by atoms with E-state index >= 15 is 0 Å². The number of hydrogen-bond acceptors (Lipinski definition) is 6. The Morgan fingerprint density at radius 1 is 1.00 bits per heavy atom. The lowest BCUT2D eigenvalue weighted by Gasteiger charge is -2.28. The van der Waals surface area contributed by atoms with Crippen LogP contribution in [0.1, 0.15) is 25.8 Å². The van der Waals surface area contributed by atoms with Crippen LogP contribution >= 0.6 is 23.1 Å². The van der Waals surface area contributed by atoms with Crippen molar-refractivity contribution in [1.82, 2.24) is 16.1 Å². The SMILES string of the molecule is CNC(=O)[C@H](Cc1ccccc1)NC(=O)C(CC(C)C)[C@@H](CSc1cccs1)C(=O)NO. The van der Waals surface area contributed by atoms with Gasteiger partial charge in [-0.15, -0.1) is 23.1 Å². The molecule has 0 radical (unpaired) electrons. The van der Waals surface area contributed by atoms with Crippen LogP contribution in [0.25, 0.3) is 0 Å². The molecule has 3 atom stereocenters. The van der Waals surface area contributed by atoms with Gasteiger partial charge in [0.1, 0.15) is 6.04 Å². The molecule has 32 heavy (non-hydrogen) atoms. The third kappa shape index (κ3) is 7.96. The van der Waals surface area contributed by atoms with Crippen LogP contribution in [-0.2, 0) is 20.8 Å². The highest BCUT2D eigenvalue weighted by Gasteiger charge is 2.36. The van der Waals surface area contributed by atoms with Crippen LogP contribution in [0.2, 0.25) is 0 Å². The van der Waals surface area contributed by atoms with Gasteiger partial charge in [-0.3, -0.25) is 19.6 Å². The normalized spacial score (nSPS) is 13.8. The quantitative estimate of drug-likeness (QED) is 0.213. The molecule has 0 saturated carbocycles.